The number of carbonyl (C=O) groups excluding carboxylic acids is 3. The number of amides is 3. The summed E-state index contributed by atoms with van der Waals surface area (Å²) in [7, 11) is -1.02. The first-order valence-corrected chi connectivity index (χ1v) is 11.3. The van der Waals surface area contributed by atoms with E-state index in [1.165, 1.54) is 61.6 Å². The van der Waals surface area contributed by atoms with Crippen molar-refractivity contribution < 1.29 is 32.3 Å². The van der Waals surface area contributed by atoms with E-state index in [0.717, 1.165) is 4.90 Å². The molecule has 1 aliphatic heterocycles. The minimum absolute atomic E-state index is 0.0229. The minimum Gasteiger partial charge on any atom is -0.493 e. The summed E-state index contributed by atoms with van der Waals surface area (Å²) in [5.74, 6) is -0.854. The second-order valence-electron chi connectivity index (χ2n) is 7.14. The highest BCUT2D eigenvalue weighted by atomic mass is 32.2. The summed E-state index contributed by atoms with van der Waals surface area (Å²) in [5.41, 5.74) is 0.419. The van der Waals surface area contributed by atoms with Gasteiger partial charge < -0.3 is 14.4 Å². The fourth-order valence-corrected chi connectivity index (χ4v) is 4.06. The molecule has 0 spiro atoms. The number of primary sulfonamides is 1. The number of anilines is 1. The number of hydrogen-bond acceptors (Lipinski definition) is 7. The molecule has 1 aliphatic rings. The summed E-state index contributed by atoms with van der Waals surface area (Å²) < 4.78 is 33.4. The van der Waals surface area contributed by atoms with Gasteiger partial charge in [-0.1, -0.05) is 6.08 Å². The number of ether oxygens (including phenoxy) is 2. The highest BCUT2D eigenvalue weighted by Crippen LogP contribution is 2.30. The molecule has 1 saturated heterocycles. The Hall–Kier alpha value is -3.70. The summed E-state index contributed by atoms with van der Waals surface area (Å²) in [6.45, 7) is 3.67. The van der Waals surface area contributed by atoms with Crippen LogP contribution in [0.15, 0.2) is 60.0 Å². The monoisotopic (exact) mass is 473 g/mol. The number of benzene rings is 2. The Morgan fingerprint density at radius 3 is 2.33 bits per heavy atom. The molecule has 1 unspecified atom stereocenters. The van der Waals surface area contributed by atoms with Crippen LogP contribution in [0.3, 0.4) is 0 Å². The molecule has 0 aliphatic carbocycles. The summed E-state index contributed by atoms with van der Waals surface area (Å²) in [6, 6.07) is 8.56. The number of sulfonamides is 1. The van der Waals surface area contributed by atoms with Crippen LogP contribution >= 0.6 is 0 Å². The van der Waals surface area contributed by atoms with Gasteiger partial charge in [0.05, 0.1) is 31.2 Å². The number of imide groups is 1. The average molecular weight is 474 g/mol. The Bertz CT molecular complexity index is 1210. The van der Waals surface area contributed by atoms with Crippen LogP contribution in [0.5, 0.6) is 11.5 Å². The van der Waals surface area contributed by atoms with E-state index in [-0.39, 0.29) is 29.1 Å². The number of carbonyl (C=O) groups is 3. The molecule has 10 nitrogen and oxygen atoms in total. The van der Waals surface area contributed by atoms with Gasteiger partial charge >= 0.3 is 0 Å². The van der Waals surface area contributed by atoms with Gasteiger partial charge in [-0.2, -0.15) is 0 Å². The lowest BCUT2D eigenvalue weighted by Gasteiger charge is -2.27. The van der Waals surface area contributed by atoms with Crippen LogP contribution in [0.25, 0.3) is 0 Å². The van der Waals surface area contributed by atoms with Gasteiger partial charge in [0.15, 0.2) is 11.5 Å². The van der Waals surface area contributed by atoms with Crippen molar-refractivity contribution >= 4 is 33.4 Å². The zero-order chi connectivity index (χ0) is 24.3. The second-order valence-corrected chi connectivity index (χ2v) is 8.70. The van der Waals surface area contributed by atoms with E-state index in [9.17, 15) is 22.8 Å². The smallest absolute Gasteiger partial charge is 0.257 e. The van der Waals surface area contributed by atoms with Crippen LogP contribution in [0, 0.1) is 0 Å². The van der Waals surface area contributed by atoms with Crippen LogP contribution < -0.4 is 19.5 Å². The first-order valence-electron chi connectivity index (χ1n) is 9.76. The zero-order valence-corrected chi connectivity index (χ0v) is 18.9. The first kappa shape index (κ1) is 24.0. The molecule has 0 bridgehead atoms. The predicted molar refractivity (Wildman–Crippen MR) is 119 cm³/mol. The molecule has 1 atom stereocenters. The highest BCUT2D eigenvalue weighted by Gasteiger charge is 2.44. The quantitative estimate of drug-likeness (QED) is 0.451. The molecule has 0 aromatic heterocycles. The molecule has 2 N–H and O–H groups in total. The third kappa shape index (κ3) is 4.73. The largest absolute Gasteiger partial charge is 0.493 e. The van der Waals surface area contributed by atoms with E-state index >= 15 is 0 Å². The van der Waals surface area contributed by atoms with Crippen molar-refractivity contribution in [3.8, 4) is 11.5 Å². The van der Waals surface area contributed by atoms with Gasteiger partial charge in [-0.05, 0) is 42.5 Å². The molecule has 3 rings (SSSR count). The molecular formula is C22H23N3O7S. The highest BCUT2D eigenvalue weighted by molar-refractivity contribution is 7.89. The van der Waals surface area contributed by atoms with E-state index in [2.05, 4.69) is 6.58 Å². The summed E-state index contributed by atoms with van der Waals surface area (Å²) in [6.07, 6.45) is 1.22. The Morgan fingerprint density at radius 1 is 1.15 bits per heavy atom. The molecule has 3 amide bonds. The average Bonchev–Trinajstić information content (AvgIpc) is 3.09. The normalized spacial score (nSPS) is 16.0. The first-order chi connectivity index (χ1) is 15.6. The van der Waals surface area contributed by atoms with Crippen molar-refractivity contribution in [2.24, 2.45) is 5.14 Å². The summed E-state index contributed by atoms with van der Waals surface area (Å²) in [5, 5.41) is 5.09. The third-order valence-corrected chi connectivity index (χ3v) is 6.07. The zero-order valence-electron chi connectivity index (χ0n) is 18.1. The molecule has 0 radical (unpaired) electrons. The lowest BCUT2D eigenvalue weighted by molar-refractivity contribution is -0.122. The number of rotatable bonds is 8. The van der Waals surface area contributed by atoms with Crippen LogP contribution in [0.2, 0.25) is 0 Å². The summed E-state index contributed by atoms with van der Waals surface area (Å²) >= 11 is 0. The van der Waals surface area contributed by atoms with E-state index in [0.29, 0.717) is 11.5 Å². The van der Waals surface area contributed by atoms with Gasteiger partial charge in [-0.25, -0.2) is 18.5 Å². The number of hydrogen-bond donors (Lipinski definition) is 1. The van der Waals surface area contributed by atoms with Crippen molar-refractivity contribution in [1.29, 1.82) is 0 Å². The SMILES string of the molecule is C=CCN(C(=O)c1ccc(OC)c(OC)c1)C1CC(=O)N(c2ccc(S(N)(=O)=O)cc2)C1=O. The van der Waals surface area contributed by atoms with Crippen LogP contribution in [0.1, 0.15) is 16.8 Å². The van der Waals surface area contributed by atoms with Crippen LogP contribution in [-0.4, -0.2) is 57.8 Å². The molecule has 174 valence electrons. The van der Waals surface area contributed by atoms with Gasteiger partial charge in [0, 0.05) is 12.1 Å². The predicted octanol–water partition coefficient (Wildman–Crippen LogP) is 1.31. The van der Waals surface area contributed by atoms with Crippen LogP contribution in [0.4, 0.5) is 5.69 Å². The minimum atomic E-state index is -3.93. The standard InChI is InChI=1S/C22H23N3O7S/c1-4-11-24(21(27)14-5-10-18(31-2)19(12-14)32-3)17-13-20(26)25(22(17)28)15-6-8-16(9-7-15)33(23,29)30/h4-10,12,17H,1,11,13H2,2-3H3,(H2,23,29,30). The molecular weight excluding hydrogens is 450 g/mol. The van der Waals surface area contributed by atoms with Gasteiger partial charge in [0.2, 0.25) is 15.9 Å². The molecule has 1 fully saturated rings. The van der Waals surface area contributed by atoms with Gasteiger partial charge in [0.25, 0.3) is 11.8 Å². The van der Waals surface area contributed by atoms with E-state index in [1.807, 2.05) is 0 Å². The maximum absolute atomic E-state index is 13.3. The maximum atomic E-state index is 13.3. The van der Waals surface area contributed by atoms with Gasteiger partial charge in [-0.15, -0.1) is 6.58 Å². The Labute approximate surface area is 191 Å². The Balaban J connectivity index is 1.91. The number of methoxy groups -OCH3 is 2. The third-order valence-electron chi connectivity index (χ3n) is 5.14. The molecule has 2 aromatic carbocycles. The van der Waals surface area contributed by atoms with E-state index in [1.54, 1.807) is 6.07 Å². The lowest BCUT2D eigenvalue weighted by atomic mass is 10.1. The fraction of sp³-hybridized carbons (Fsp3) is 0.227. The Kier molecular flexibility index (Phi) is 6.84. The molecule has 1 heterocycles. The van der Waals surface area contributed by atoms with Gasteiger partial charge in [0.1, 0.15) is 6.04 Å². The van der Waals surface area contributed by atoms with Gasteiger partial charge in [-0.3, -0.25) is 14.4 Å². The molecule has 0 saturated carbocycles. The molecule has 33 heavy (non-hydrogen) atoms. The van der Waals surface area contributed by atoms with Crippen molar-refractivity contribution in [1.82, 2.24) is 4.90 Å². The fourth-order valence-electron chi connectivity index (χ4n) is 3.54. The Morgan fingerprint density at radius 2 is 1.79 bits per heavy atom. The van der Waals surface area contributed by atoms with E-state index < -0.39 is 33.8 Å². The molecule has 11 heteroatoms. The van der Waals surface area contributed by atoms with Crippen molar-refractivity contribution in [3.63, 3.8) is 0 Å². The van der Waals surface area contributed by atoms with Crippen molar-refractivity contribution in [2.75, 3.05) is 25.7 Å². The topological polar surface area (TPSA) is 136 Å². The maximum Gasteiger partial charge on any atom is 0.257 e. The number of nitrogens with two attached hydrogens (primary N) is 1. The van der Waals surface area contributed by atoms with Crippen molar-refractivity contribution in [3.05, 3.63) is 60.7 Å². The van der Waals surface area contributed by atoms with E-state index in [4.69, 9.17) is 14.6 Å². The van der Waals surface area contributed by atoms with Crippen molar-refractivity contribution in [2.45, 2.75) is 17.4 Å². The second kappa shape index (κ2) is 9.43. The summed E-state index contributed by atoms with van der Waals surface area (Å²) in [4.78, 5) is 41.1. The van der Waals surface area contributed by atoms with Crippen LogP contribution in [-0.2, 0) is 19.6 Å². The number of nitrogens with zero attached hydrogens (tertiary/aromatic N) is 2. The molecule has 2 aromatic rings. The lowest BCUT2D eigenvalue weighted by Crippen LogP contribution is -2.45.